The molecule has 0 spiro atoms. The molecule has 0 unspecified atom stereocenters. The van der Waals surface area contributed by atoms with Crippen molar-refractivity contribution in [3.05, 3.63) is 22.5 Å². The number of nitrogens with one attached hydrogen (secondary N) is 1. The fourth-order valence-electron chi connectivity index (χ4n) is 2.21. The van der Waals surface area contributed by atoms with E-state index >= 15 is 0 Å². The number of hydrogen-bond donors (Lipinski definition) is 1. The first-order chi connectivity index (χ1) is 9.63. The first-order valence-corrected chi connectivity index (χ1v) is 7.27. The minimum absolute atomic E-state index is 0.0140. The standard InChI is InChI=1S/C12H16N6OS/c1-8-7-10(16-20-8)11(19)17-3-5-18(6-4-17)12-13-9(2)14-15-12/h7H,3-6H2,1-2H3,(H,13,14,15). The van der Waals surface area contributed by atoms with E-state index in [0.717, 1.165) is 23.8 Å². The molecule has 3 heterocycles. The van der Waals surface area contributed by atoms with Gasteiger partial charge in [0.25, 0.3) is 5.91 Å². The van der Waals surface area contributed by atoms with Crippen LogP contribution in [0.4, 0.5) is 5.95 Å². The molecule has 0 bridgehead atoms. The minimum atomic E-state index is 0.0140. The van der Waals surface area contributed by atoms with Gasteiger partial charge >= 0.3 is 0 Å². The fraction of sp³-hybridized carbons (Fsp3) is 0.500. The van der Waals surface area contributed by atoms with E-state index in [1.54, 1.807) is 0 Å². The van der Waals surface area contributed by atoms with Gasteiger partial charge in [0.05, 0.1) is 0 Å². The zero-order valence-corrected chi connectivity index (χ0v) is 12.3. The summed E-state index contributed by atoms with van der Waals surface area (Å²) in [5.41, 5.74) is 0.551. The molecule has 0 radical (unpaired) electrons. The Kier molecular flexibility index (Phi) is 3.39. The van der Waals surface area contributed by atoms with Gasteiger partial charge in [-0.15, -0.1) is 5.10 Å². The highest BCUT2D eigenvalue weighted by molar-refractivity contribution is 7.05. The largest absolute Gasteiger partial charge is 0.336 e. The van der Waals surface area contributed by atoms with Crippen molar-refractivity contribution in [3.63, 3.8) is 0 Å². The van der Waals surface area contributed by atoms with Gasteiger partial charge in [-0.1, -0.05) is 0 Å². The number of aromatic amines is 1. The van der Waals surface area contributed by atoms with Crippen LogP contribution in [0.1, 0.15) is 21.2 Å². The van der Waals surface area contributed by atoms with Crippen LogP contribution in [0.25, 0.3) is 0 Å². The lowest BCUT2D eigenvalue weighted by Gasteiger charge is -2.33. The number of anilines is 1. The zero-order valence-electron chi connectivity index (χ0n) is 11.5. The second-order valence-electron chi connectivity index (χ2n) is 4.82. The fourth-order valence-corrected chi connectivity index (χ4v) is 2.75. The highest BCUT2D eigenvalue weighted by Crippen LogP contribution is 2.14. The molecule has 8 heteroatoms. The van der Waals surface area contributed by atoms with E-state index in [9.17, 15) is 4.79 Å². The average Bonchev–Trinajstić information content (AvgIpc) is 3.07. The molecule has 7 nitrogen and oxygen atoms in total. The SMILES string of the molecule is Cc1nc(N2CCN(C(=O)c3cc(C)sn3)CC2)n[nH]1. The van der Waals surface area contributed by atoms with Crippen LogP contribution in [0.15, 0.2) is 6.07 Å². The summed E-state index contributed by atoms with van der Waals surface area (Å²) in [6.45, 7) is 6.66. The molecule has 3 rings (SSSR count). The Bertz CT molecular complexity index is 613. The molecule has 0 aromatic carbocycles. The highest BCUT2D eigenvalue weighted by Gasteiger charge is 2.25. The van der Waals surface area contributed by atoms with E-state index in [1.165, 1.54) is 11.5 Å². The molecular weight excluding hydrogens is 276 g/mol. The first kappa shape index (κ1) is 13.0. The van der Waals surface area contributed by atoms with Crippen LogP contribution in [0, 0.1) is 13.8 Å². The third-order valence-corrected chi connectivity index (χ3v) is 3.98. The number of amides is 1. The maximum Gasteiger partial charge on any atom is 0.273 e. The second kappa shape index (κ2) is 5.20. The maximum atomic E-state index is 12.3. The van der Waals surface area contributed by atoms with Gasteiger partial charge in [-0.05, 0) is 31.4 Å². The van der Waals surface area contributed by atoms with Crippen LogP contribution in [-0.4, -0.2) is 56.5 Å². The Morgan fingerprint density at radius 1 is 1.30 bits per heavy atom. The van der Waals surface area contributed by atoms with E-state index in [2.05, 4.69) is 24.5 Å². The molecule has 20 heavy (non-hydrogen) atoms. The molecule has 1 saturated heterocycles. The summed E-state index contributed by atoms with van der Waals surface area (Å²) in [5, 5.41) is 6.98. The van der Waals surface area contributed by atoms with Crippen molar-refractivity contribution in [2.24, 2.45) is 0 Å². The van der Waals surface area contributed by atoms with Crippen LogP contribution in [0.5, 0.6) is 0 Å². The van der Waals surface area contributed by atoms with Crippen LogP contribution >= 0.6 is 11.5 Å². The third-order valence-electron chi connectivity index (χ3n) is 3.28. The smallest absolute Gasteiger partial charge is 0.273 e. The van der Waals surface area contributed by atoms with Crippen molar-refractivity contribution < 1.29 is 4.79 Å². The molecule has 1 N–H and O–H groups in total. The van der Waals surface area contributed by atoms with Gasteiger partial charge in [-0.3, -0.25) is 9.89 Å². The van der Waals surface area contributed by atoms with Gasteiger partial charge < -0.3 is 9.80 Å². The molecule has 0 saturated carbocycles. The summed E-state index contributed by atoms with van der Waals surface area (Å²) in [5.74, 6) is 1.52. The van der Waals surface area contributed by atoms with E-state index < -0.39 is 0 Å². The topological polar surface area (TPSA) is 78.0 Å². The molecule has 1 fully saturated rings. The predicted octanol–water partition coefficient (Wildman–Crippen LogP) is 0.840. The third kappa shape index (κ3) is 2.51. The van der Waals surface area contributed by atoms with Gasteiger partial charge in [0, 0.05) is 31.1 Å². The van der Waals surface area contributed by atoms with Crippen LogP contribution in [0.2, 0.25) is 0 Å². The van der Waals surface area contributed by atoms with Crippen molar-refractivity contribution in [2.75, 3.05) is 31.1 Å². The lowest BCUT2D eigenvalue weighted by atomic mass is 10.2. The second-order valence-corrected chi connectivity index (χ2v) is 5.83. The van der Waals surface area contributed by atoms with Gasteiger partial charge in [0.15, 0.2) is 0 Å². The van der Waals surface area contributed by atoms with Gasteiger partial charge in [0.1, 0.15) is 11.5 Å². The monoisotopic (exact) mass is 292 g/mol. The maximum absolute atomic E-state index is 12.3. The summed E-state index contributed by atoms with van der Waals surface area (Å²) in [6.07, 6.45) is 0. The molecule has 0 aliphatic carbocycles. The van der Waals surface area contributed by atoms with Crippen LogP contribution < -0.4 is 4.90 Å². The zero-order chi connectivity index (χ0) is 14.1. The quantitative estimate of drug-likeness (QED) is 0.887. The van der Waals surface area contributed by atoms with Crippen LogP contribution in [-0.2, 0) is 0 Å². The molecule has 2 aromatic rings. The van der Waals surface area contributed by atoms with Gasteiger partial charge in [0.2, 0.25) is 5.95 Å². The Morgan fingerprint density at radius 2 is 2.05 bits per heavy atom. The number of aryl methyl sites for hydroxylation is 2. The number of H-pyrrole nitrogens is 1. The number of carbonyl (C=O) groups excluding carboxylic acids is 1. The number of rotatable bonds is 2. The Balaban J connectivity index is 1.62. The average molecular weight is 292 g/mol. The van der Waals surface area contributed by atoms with E-state index in [1.807, 2.05) is 24.8 Å². The summed E-state index contributed by atoms with van der Waals surface area (Å²) in [4.78, 5) is 21.6. The molecule has 106 valence electrons. The number of aromatic nitrogens is 4. The number of hydrogen-bond acceptors (Lipinski definition) is 6. The van der Waals surface area contributed by atoms with E-state index in [4.69, 9.17) is 0 Å². The summed E-state index contributed by atoms with van der Waals surface area (Å²) >= 11 is 1.36. The van der Waals surface area contributed by atoms with E-state index in [0.29, 0.717) is 24.7 Å². The van der Waals surface area contributed by atoms with Crippen molar-refractivity contribution in [2.45, 2.75) is 13.8 Å². The lowest BCUT2D eigenvalue weighted by Crippen LogP contribution is -2.49. The molecule has 1 aliphatic heterocycles. The lowest BCUT2D eigenvalue weighted by molar-refractivity contribution is 0.0741. The Labute approximate surface area is 120 Å². The summed E-state index contributed by atoms with van der Waals surface area (Å²) in [7, 11) is 0. The summed E-state index contributed by atoms with van der Waals surface area (Å²) in [6, 6.07) is 1.85. The summed E-state index contributed by atoms with van der Waals surface area (Å²) < 4.78 is 4.18. The van der Waals surface area contributed by atoms with Crippen molar-refractivity contribution in [1.29, 1.82) is 0 Å². The first-order valence-electron chi connectivity index (χ1n) is 6.50. The number of carbonyl (C=O) groups is 1. The Morgan fingerprint density at radius 3 is 2.60 bits per heavy atom. The number of piperazine rings is 1. The molecule has 2 aromatic heterocycles. The normalized spacial score (nSPS) is 15.7. The van der Waals surface area contributed by atoms with Gasteiger partial charge in [-0.25, -0.2) is 0 Å². The minimum Gasteiger partial charge on any atom is -0.336 e. The van der Waals surface area contributed by atoms with Crippen molar-refractivity contribution in [3.8, 4) is 0 Å². The molecule has 0 atom stereocenters. The Hall–Kier alpha value is -1.96. The highest BCUT2D eigenvalue weighted by atomic mass is 32.1. The number of nitrogens with zero attached hydrogens (tertiary/aromatic N) is 5. The molecular formula is C12H16N6OS. The molecule has 1 amide bonds. The van der Waals surface area contributed by atoms with Crippen molar-refractivity contribution in [1.82, 2.24) is 24.5 Å². The predicted molar refractivity (Wildman–Crippen MR) is 76.1 cm³/mol. The van der Waals surface area contributed by atoms with Gasteiger partial charge in [-0.2, -0.15) is 9.36 Å². The van der Waals surface area contributed by atoms with Crippen LogP contribution in [0.3, 0.4) is 0 Å². The van der Waals surface area contributed by atoms with E-state index in [-0.39, 0.29) is 5.91 Å². The van der Waals surface area contributed by atoms with Crippen molar-refractivity contribution >= 4 is 23.4 Å². The molecule has 1 aliphatic rings.